The lowest BCUT2D eigenvalue weighted by Gasteiger charge is -2.35. The molecule has 0 bridgehead atoms. The molecule has 1 aliphatic heterocycles. The molecule has 1 aromatic heterocycles. The topological polar surface area (TPSA) is 78.7 Å². The summed E-state index contributed by atoms with van der Waals surface area (Å²) < 4.78 is 1.83. The quantitative estimate of drug-likeness (QED) is 0.814. The molecular formula is C19H23ClN4O3. The van der Waals surface area contributed by atoms with Crippen molar-refractivity contribution >= 4 is 34.6 Å². The first kappa shape index (κ1) is 18.3. The van der Waals surface area contributed by atoms with Crippen LogP contribution >= 0.6 is 11.6 Å². The summed E-state index contributed by atoms with van der Waals surface area (Å²) in [5.74, 6) is 0.444. The Kier molecular flexibility index (Phi) is 4.60. The van der Waals surface area contributed by atoms with Gasteiger partial charge in [0.1, 0.15) is 11.4 Å². The van der Waals surface area contributed by atoms with Gasteiger partial charge < -0.3 is 14.6 Å². The van der Waals surface area contributed by atoms with Gasteiger partial charge in [-0.2, -0.15) is 0 Å². The van der Waals surface area contributed by atoms with Gasteiger partial charge in [0, 0.05) is 18.6 Å². The molecule has 2 aromatic rings. The Morgan fingerprint density at radius 1 is 1.22 bits per heavy atom. The molecule has 2 fully saturated rings. The zero-order valence-electron chi connectivity index (χ0n) is 15.3. The largest absolute Gasteiger partial charge is 0.395 e. The van der Waals surface area contributed by atoms with Gasteiger partial charge in [0.15, 0.2) is 0 Å². The number of carbonyl (C=O) groups is 2. The summed E-state index contributed by atoms with van der Waals surface area (Å²) in [7, 11) is 1.72. The smallest absolute Gasteiger partial charge is 0.327 e. The third-order valence-electron chi connectivity index (χ3n) is 5.90. The van der Waals surface area contributed by atoms with Crippen molar-refractivity contribution in [3.8, 4) is 0 Å². The molecule has 0 unspecified atom stereocenters. The number of carbonyl (C=O) groups excluding carboxylic acids is 2. The lowest BCUT2D eigenvalue weighted by Crippen LogP contribution is -2.49. The molecule has 2 heterocycles. The Labute approximate surface area is 162 Å². The maximum absolute atomic E-state index is 13.2. The molecule has 7 nitrogen and oxygen atoms in total. The number of aliphatic hydroxyl groups is 1. The van der Waals surface area contributed by atoms with E-state index in [1.165, 1.54) is 4.90 Å². The summed E-state index contributed by atoms with van der Waals surface area (Å²) >= 11 is 6.10. The Bertz CT molecular complexity index is 904. The highest BCUT2D eigenvalue weighted by molar-refractivity contribution is 6.31. The molecule has 4 rings (SSSR count). The predicted molar refractivity (Wildman–Crippen MR) is 101 cm³/mol. The second-order valence-electron chi connectivity index (χ2n) is 7.36. The van der Waals surface area contributed by atoms with Crippen LogP contribution in [0.2, 0.25) is 5.02 Å². The summed E-state index contributed by atoms with van der Waals surface area (Å²) in [5.41, 5.74) is 0.806. The molecule has 0 atom stereocenters. The van der Waals surface area contributed by atoms with Crippen molar-refractivity contribution in [2.24, 2.45) is 0 Å². The van der Waals surface area contributed by atoms with Crippen molar-refractivity contribution in [3.63, 3.8) is 0 Å². The van der Waals surface area contributed by atoms with E-state index < -0.39 is 5.54 Å². The van der Waals surface area contributed by atoms with E-state index in [1.54, 1.807) is 30.1 Å². The van der Waals surface area contributed by atoms with Gasteiger partial charge in [-0.25, -0.2) is 9.78 Å². The van der Waals surface area contributed by atoms with Crippen molar-refractivity contribution in [3.05, 3.63) is 29.0 Å². The SMILES string of the molecule is CN1C(=O)N(Cc2nc3ccc(Cl)cc3n2CCO)C(=O)C12CCCCC2. The highest BCUT2D eigenvalue weighted by atomic mass is 35.5. The van der Waals surface area contributed by atoms with Gasteiger partial charge in [-0.3, -0.25) is 9.69 Å². The predicted octanol–water partition coefficient (Wildman–Crippen LogP) is 2.78. The number of benzene rings is 1. The van der Waals surface area contributed by atoms with Crippen LogP contribution in [0.25, 0.3) is 11.0 Å². The third kappa shape index (κ3) is 2.80. The molecule has 0 radical (unpaired) electrons. The average molecular weight is 391 g/mol. The number of fused-ring (bicyclic) bond motifs is 1. The minimum Gasteiger partial charge on any atom is -0.395 e. The number of aliphatic hydroxyl groups excluding tert-OH is 1. The van der Waals surface area contributed by atoms with Crippen LogP contribution in [-0.2, 0) is 17.9 Å². The van der Waals surface area contributed by atoms with Crippen LogP contribution in [0.4, 0.5) is 4.79 Å². The van der Waals surface area contributed by atoms with E-state index in [0.29, 0.717) is 30.2 Å². The van der Waals surface area contributed by atoms with Crippen molar-refractivity contribution in [1.82, 2.24) is 19.4 Å². The number of hydrogen-bond acceptors (Lipinski definition) is 4. The van der Waals surface area contributed by atoms with Crippen LogP contribution in [0.15, 0.2) is 18.2 Å². The van der Waals surface area contributed by atoms with Gasteiger partial charge >= 0.3 is 6.03 Å². The third-order valence-corrected chi connectivity index (χ3v) is 6.13. The molecular weight excluding hydrogens is 368 g/mol. The van der Waals surface area contributed by atoms with Crippen LogP contribution in [0.3, 0.4) is 0 Å². The lowest BCUT2D eigenvalue weighted by molar-refractivity contribution is -0.135. The molecule has 3 amide bonds. The van der Waals surface area contributed by atoms with E-state index in [2.05, 4.69) is 4.98 Å². The summed E-state index contributed by atoms with van der Waals surface area (Å²) in [4.78, 5) is 33.6. The maximum Gasteiger partial charge on any atom is 0.327 e. The Hall–Kier alpha value is -2.12. The number of hydrogen-bond donors (Lipinski definition) is 1. The van der Waals surface area contributed by atoms with Gasteiger partial charge in [-0.05, 0) is 31.0 Å². The zero-order valence-corrected chi connectivity index (χ0v) is 16.1. The maximum atomic E-state index is 13.2. The van der Waals surface area contributed by atoms with Gasteiger partial charge in [0.05, 0.1) is 24.2 Å². The number of amides is 3. The van der Waals surface area contributed by atoms with Gasteiger partial charge in [0.2, 0.25) is 0 Å². The molecule has 1 aromatic carbocycles. The monoisotopic (exact) mass is 390 g/mol. The summed E-state index contributed by atoms with van der Waals surface area (Å²) in [6.07, 6.45) is 4.45. The summed E-state index contributed by atoms with van der Waals surface area (Å²) in [5, 5.41) is 10.0. The van der Waals surface area contributed by atoms with Crippen LogP contribution in [0, 0.1) is 0 Å². The van der Waals surface area contributed by atoms with Crippen LogP contribution < -0.4 is 0 Å². The molecule has 1 saturated carbocycles. The number of likely N-dealkylation sites (N-methyl/N-ethyl adjacent to an activating group) is 1. The number of imide groups is 1. The number of aromatic nitrogens is 2. The summed E-state index contributed by atoms with van der Waals surface area (Å²) in [6, 6.07) is 5.06. The van der Waals surface area contributed by atoms with E-state index in [0.717, 1.165) is 30.3 Å². The van der Waals surface area contributed by atoms with Crippen LogP contribution in [0.1, 0.15) is 37.9 Å². The highest BCUT2D eigenvalue weighted by Crippen LogP contribution is 2.40. The van der Waals surface area contributed by atoms with Crippen LogP contribution in [0.5, 0.6) is 0 Å². The number of rotatable bonds is 4. The fraction of sp³-hybridized carbons (Fsp3) is 0.526. The minimum absolute atomic E-state index is 0.0727. The van der Waals surface area contributed by atoms with E-state index in [-0.39, 0.29) is 25.1 Å². The van der Waals surface area contributed by atoms with Crippen molar-refractivity contribution < 1.29 is 14.7 Å². The Morgan fingerprint density at radius 3 is 2.67 bits per heavy atom. The molecule has 144 valence electrons. The average Bonchev–Trinajstić information content (AvgIpc) is 3.08. The van der Waals surface area contributed by atoms with Crippen molar-refractivity contribution in [2.45, 2.75) is 50.7 Å². The zero-order chi connectivity index (χ0) is 19.2. The highest BCUT2D eigenvalue weighted by Gasteiger charge is 2.55. The first-order valence-electron chi connectivity index (χ1n) is 9.33. The van der Waals surface area contributed by atoms with E-state index >= 15 is 0 Å². The number of halogens is 1. The molecule has 27 heavy (non-hydrogen) atoms. The van der Waals surface area contributed by atoms with Crippen molar-refractivity contribution in [1.29, 1.82) is 0 Å². The minimum atomic E-state index is -0.702. The summed E-state index contributed by atoms with van der Waals surface area (Å²) in [6.45, 7) is 0.343. The van der Waals surface area contributed by atoms with Crippen LogP contribution in [-0.4, -0.2) is 55.6 Å². The first-order chi connectivity index (χ1) is 13.0. The number of nitrogens with zero attached hydrogens (tertiary/aromatic N) is 4. The lowest BCUT2D eigenvalue weighted by atomic mass is 9.81. The standard InChI is InChI=1S/C19H23ClN4O3/c1-22-18(27)24(17(26)19(22)7-3-2-4-8-19)12-16-21-14-6-5-13(20)11-15(14)23(16)9-10-25/h5-6,11,25H,2-4,7-10,12H2,1H3. The fourth-order valence-electron chi connectivity index (χ4n) is 4.43. The molecule has 1 saturated heterocycles. The Morgan fingerprint density at radius 2 is 1.96 bits per heavy atom. The van der Waals surface area contributed by atoms with E-state index in [4.69, 9.17) is 11.6 Å². The van der Waals surface area contributed by atoms with E-state index in [1.807, 2.05) is 4.57 Å². The molecule has 8 heteroatoms. The number of imidazole rings is 1. The molecule has 1 spiro atoms. The number of urea groups is 1. The van der Waals surface area contributed by atoms with Crippen molar-refractivity contribution in [2.75, 3.05) is 13.7 Å². The fourth-order valence-corrected chi connectivity index (χ4v) is 4.59. The molecule has 1 aliphatic carbocycles. The second kappa shape index (κ2) is 6.80. The van der Waals surface area contributed by atoms with Gasteiger partial charge in [-0.15, -0.1) is 0 Å². The van der Waals surface area contributed by atoms with Gasteiger partial charge in [-0.1, -0.05) is 30.9 Å². The molecule has 2 aliphatic rings. The molecule has 1 N–H and O–H groups in total. The second-order valence-corrected chi connectivity index (χ2v) is 7.80. The van der Waals surface area contributed by atoms with Gasteiger partial charge in [0.25, 0.3) is 5.91 Å². The first-order valence-corrected chi connectivity index (χ1v) is 9.71. The Balaban J connectivity index is 1.70. The normalized spacial score (nSPS) is 19.7. The van der Waals surface area contributed by atoms with E-state index in [9.17, 15) is 14.7 Å².